The van der Waals surface area contributed by atoms with Crippen molar-refractivity contribution in [3.05, 3.63) is 55.6 Å². The number of carbonyl (C=O) groups is 1. The third kappa shape index (κ3) is 5.19. The van der Waals surface area contributed by atoms with E-state index in [-0.39, 0.29) is 38.5 Å². The summed E-state index contributed by atoms with van der Waals surface area (Å²) in [6.07, 6.45) is -4.95. The molecule has 1 heterocycles. The monoisotopic (exact) mass is 508 g/mol. The number of fused-ring (bicyclic) bond motifs is 1. The Hall–Kier alpha value is -2.70. The molecule has 3 N–H and O–H groups in total. The van der Waals surface area contributed by atoms with Crippen LogP contribution in [0.2, 0.25) is 10.0 Å². The van der Waals surface area contributed by atoms with Gasteiger partial charge >= 0.3 is 6.18 Å². The van der Waals surface area contributed by atoms with E-state index in [1.54, 1.807) is 13.0 Å². The Morgan fingerprint density at radius 1 is 1.22 bits per heavy atom. The third-order valence-corrected chi connectivity index (χ3v) is 6.06. The number of amides is 1. The van der Waals surface area contributed by atoms with E-state index < -0.39 is 34.0 Å². The molecule has 32 heavy (non-hydrogen) atoms. The Bertz CT molecular complexity index is 1140. The number of carbonyl (C=O) groups excluding carboxylic acids is 1. The van der Waals surface area contributed by atoms with Gasteiger partial charge in [-0.25, -0.2) is 4.99 Å². The number of nitro groups is 1. The fourth-order valence-corrected chi connectivity index (χ4v) is 4.10. The number of hydrogen-bond donors (Lipinski definition) is 3. The van der Waals surface area contributed by atoms with Crippen molar-refractivity contribution >= 4 is 57.4 Å². The number of nitrogens with one attached hydrogen (secondary N) is 2. The molecule has 0 aliphatic carbocycles. The fourth-order valence-electron chi connectivity index (χ4n) is 2.90. The predicted molar refractivity (Wildman–Crippen MR) is 113 cm³/mol. The number of phenols is 1. The number of rotatable bonds is 2. The van der Waals surface area contributed by atoms with Crippen molar-refractivity contribution in [2.45, 2.75) is 30.3 Å². The maximum atomic E-state index is 13.0. The Labute approximate surface area is 192 Å². The number of aliphatic imine (C=N–C) groups is 1. The number of thioether (sulfide) groups is 1. The van der Waals surface area contributed by atoms with Crippen LogP contribution in [0, 0.1) is 10.1 Å². The lowest BCUT2D eigenvalue weighted by molar-refractivity contribution is -0.388. The van der Waals surface area contributed by atoms with Gasteiger partial charge in [0.15, 0.2) is 5.17 Å². The van der Waals surface area contributed by atoms with Crippen molar-refractivity contribution in [2.75, 3.05) is 0 Å². The number of amidine groups is 1. The molecular weight excluding hydrogens is 496 g/mol. The lowest BCUT2D eigenvalue weighted by atomic mass is 9.96. The van der Waals surface area contributed by atoms with Crippen LogP contribution >= 0.6 is 35.0 Å². The Kier molecular flexibility index (Phi) is 6.77. The molecule has 0 saturated carbocycles. The number of aromatic hydroxyl groups is 1. The smallest absolute Gasteiger partial charge is 0.420 e. The average molecular weight is 509 g/mol. The lowest BCUT2D eigenvalue weighted by Crippen LogP contribution is -2.40. The minimum absolute atomic E-state index is 0.0483. The number of halogens is 5. The van der Waals surface area contributed by atoms with Gasteiger partial charge in [0, 0.05) is 18.6 Å². The van der Waals surface area contributed by atoms with Crippen LogP contribution in [0.5, 0.6) is 5.75 Å². The molecule has 1 aliphatic heterocycles. The van der Waals surface area contributed by atoms with Crippen LogP contribution in [0.3, 0.4) is 0 Å². The summed E-state index contributed by atoms with van der Waals surface area (Å²) in [4.78, 5) is 26.5. The molecule has 2 aromatic rings. The van der Waals surface area contributed by atoms with Crippen LogP contribution in [0.4, 0.5) is 24.5 Å². The topological polar surface area (TPSA) is 117 Å². The molecular formula is C18H13Cl2F3N4O4S. The first-order valence-corrected chi connectivity index (χ1v) is 10.3. The van der Waals surface area contributed by atoms with Crippen molar-refractivity contribution in [1.29, 1.82) is 0 Å². The van der Waals surface area contributed by atoms with Crippen LogP contribution in [0.25, 0.3) is 0 Å². The summed E-state index contributed by atoms with van der Waals surface area (Å²) in [7, 11) is 0. The standard InChI is InChI=1S/C18H13Cl2F3N4O4S/c1-7-2-16(29)25-26-17(24-12-5-11(20)10(19)3-8(7)12)32-15-6-14(28)9(18(21,22)23)4-13(15)27(30)31/h3-7,28H,2H2,1H3,(H,24,26)(H,25,29). The van der Waals surface area contributed by atoms with Gasteiger partial charge in [-0.2, -0.15) is 13.2 Å². The van der Waals surface area contributed by atoms with E-state index in [2.05, 4.69) is 15.8 Å². The number of alkyl halides is 3. The average Bonchev–Trinajstić information content (AvgIpc) is 2.71. The minimum atomic E-state index is -5.00. The Balaban J connectivity index is 2.12. The second kappa shape index (κ2) is 9.04. The first kappa shape index (κ1) is 24.0. The van der Waals surface area contributed by atoms with Gasteiger partial charge in [-0.3, -0.25) is 25.8 Å². The molecule has 1 aliphatic rings. The van der Waals surface area contributed by atoms with Gasteiger partial charge in [-0.15, -0.1) is 0 Å². The SMILES string of the molecule is CC1CC(=O)NNC(Sc2cc(O)c(C(F)(F)F)cc2[N+](=O)[O-])=Nc2cc(Cl)c(Cl)cc21. The maximum Gasteiger partial charge on any atom is 0.420 e. The summed E-state index contributed by atoms with van der Waals surface area (Å²) >= 11 is 12.7. The van der Waals surface area contributed by atoms with Crippen LogP contribution in [0.15, 0.2) is 34.2 Å². The normalized spacial score (nSPS) is 16.6. The van der Waals surface area contributed by atoms with Crippen LogP contribution < -0.4 is 10.9 Å². The molecule has 3 rings (SSSR count). The Morgan fingerprint density at radius 3 is 2.50 bits per heavy atom. The van der Waals surface area contributed by atoms with Gasteiger partial charge in [0.05, 0.1) is 25.6 Å². The number of hydrogen-bond acceptors (Lipinski definition) is 7. The highest BCUT2D eigenvalue weighted by Crippen LogP contribution is 2.43. The quantitative estimate of drug-likeness (QED) is 0.362. The van der Waals surface area contributed by atoms with E-state index in [0.29, 0.717) is 29.1 Å². The van der Waals surface area contributed by atoms with E-state index in [1.807, 2.05) is 0 Å². The number of nitrogens with zero attached hydrogens (tertiary/aromatic N) is 2. The number of benzene rings is 2. The van der Waals surface area contributed by atoms with Crippen LogP contribution in [0.1, 0.15) is 30.4 Å². The zero-order valence-electron chi connectivity index (χ0n) is 16.0. The number of nitro benzene ring substituents is 1. The molecule has 8 nitrogen and oxygen atoms in total. The van der Waals surface area contributed by atoms with Gasteiger partial charge in [-0.1, -0.05) is 30.1 Å². The molecule has 1 unspecified atom stereocenters. The summed E-state index contributed by atoms with van der Waals surface area (Å²) < 4.78 is 39.1. The summed E-state index contributed by atoms with van der Waals surface area (Å²) in [5.41, 5.74) is 3.29. The van der Waals surface area contributed by atoms with Crippen molar-refractivity contribution < 1.29 is 28.0 Å². The summed E-state index contributed by atoms with van der Waals surface area (Å²) in [6, 6.07) is 3.83. The third-order valence-electron chi connectivity index (χ3n) is 4.41. The zero-order chi connectivity index (χ0) is 23.8. The lowest BCUT2D eigenvalue weighted by Gasteiger charge is -2.13. The number of phenolic OH excluding ortho intramolecular Hbond substituents is 1. The van der Waals surface area contributed by atoms with E-state index in [1.165, 1.54) is 6.07 Å². The largest absolute Gasteiger partial charge is 0.507 e. The predicted octanol–water partition coefficient (Wildman–Crippen LogP) is 5.53. The van der Waals surface area contributed by atoms with Gasteiger partial charge < -0.3 is 5.11 Å². The number of hydrazine groups is 1. The molecule has 0 radical (unpaired) electrons. The fraction of sp³-hybridized carbons (Fsp3) is 0.222. The molecule has 170 valence electrons. The zero-order valence-corrected chi connectivity index (χ0v) is 18.3. The molecule has 0 saturated heterocycles. The molecule has 2 aromatic carbocycles. The van der Waals surface area contributed by atoms with Gasteiger partial charge in [0.1, 0.15) is 11.3 Å². The summed E-state index contributed by atoms with van der Waals surface area (Å²) in [5.74, 6) is -1.95. The molecule has 0 fully saturated rings. The van der Waals surface area contributed by atoms with Crippen molar-refractivity contribution in [1.82, 2.24) is 10.9 Å². The van der Waals surface area contributed by atoms with Crippen LogP contribution in [-0.4, -0.2) is 21.1 Å². The van der Waals surface area contributed by atoms with E-state index in [4.69, 9.17) is 23.2 Å². The summed E-state index contributed by atoms with van der Waals surface area (Å²) in [6.45, 7) is 1.76. The molecule has 0 spiro atoms. The van der Waals surface area contributed by atoms with Gasteiger partial charge in [0.25, 0.3) is 5.69 Å². The molecule has 1 amide bonds. The highest BCUT2D eigenvalue weighted by atomic mass is 35.5. The molecule has 0 aromatic heterocycles. The second-order valence-corrected chi connectivity index (χ2v) is 8.56. The highest BCUT2D eigenvalue weighted by Gasteiger charge is 2.37. The molecule has 0 bridgehead atoms. The van der Waals surface area contributed by atoms with Crippen molar-refractivity contribution in [2.24, 2.45) is 4.99 Å². The first-order chi connectivity index (χ1) is 14.9. The van der Waals surface area contributed by atoms with E-state index >= 15 is 0 Å². The van der Waals surface area contributed by atoms with Gasteiger partial charge in [0.2, 0.25) is 5.91 Å². The van der Waals surface area contributed by atoms with Crippen LogP contribution in [-0.2, 0) is 11.0 Å². The minimum Gasteiger partial charge on any atom is -0.507 e. The molecule has 14 heteroatoms. The molecule has 1 atom stereocenters. The summed E-state index contributed by atoms with van der Waals surface area (Å²) in [5, 5.41) is 21.5. The van der Waals surface area contributed by atoms with E-state index in [0.717, 1.165) is 0 Å². The van der Waals surface area contributed by atoms with Gasteiger partial charge in [-0.05, 0) is 35.4 Å². The van der Waals surface area contributed by atoms with Crippen molar-refractivity contribution in [3.8, 4) is 5.75 Å². The Morgan fingerprint density at radius 2 is 1.88 bits per heavy atom. The maximum absolute atomic E-state index is 13.0. The van der Waals surface area contributed by atoms with Crippen molar-refractivity contribution in [3.63, 3.8) is 0 Å². The highest BCUT2D eigenvalue weighted by molar-refractivity contribution is 8.14. The van der Waals surface area contributed by atoms with E-state index in [9.17, 15) is 33.2 Å². The first-order valence-electron chi connectivity index (χ1n) is 8.75. The second-order valence-electron chi connectivity index (χ2n) is 6.71.